The van der Waals surface area contributed by atoms with Gasteiger partial charge in [-0.1, -0.05) is 31.9 Å². The number of halogens is 1. The summed E-state index contributed by atoms with van der Waals surface area (Å²) in [5, 5.41) is 5.25. The van der Waals surface area contributed by atoms with Gasteiger partial charge in [0.25, 0.3) is 5.91 Å². The van der Waals surface area contributed by atoms with Crippen LogP contribution in [-0.2, 0) is 13.6 Å². The molecule has 0 aliphatic rings. The topological polar surface area (TPSA) is 51.0 Å². The van der Waals surface area contributed by atoms with Gasteiger partial charge >= 0.3 is 0 Å². The van der Waals surface area contributed by atoms with Gasteiger partial charge in [-0.3, -0.25) is 9.48 Å². The highest BCUT2D eigenvalue weighted by Crippen LogP contribution is 2.24. The first-order valence-electron chi connectivity index (χ1n) is 9.75. The quantitative estimate of drug-likeness (QED) is 0.563. The van der Waals surface area contributed by atoms with Gasteiger partial charge in [-0.05, 0) is 44.0 Å². The van der Waals surface area contributed by atoms with Gasteiger partial charge in [-0.2, -0.15) is 5.10 Å². The Labute approximate surface area is 165 Å². The van der Waals surface area contributed by atoms with E-state index in [4.69, 9.17) is 0 Å². The second kappa shape index (κ2) is 8.50. The lowest BCUT2D eigenvalue weighted by molar-refractivity contribution is 0.0742. The third kappa shape index (κ3) is 4.21. The van der Waals surface area contributed by atoms with E-state index in [-0.39, 0.29) is 11.7 Å². The number of amides is 1. The molecule has 0 saturated heterocycles. The molecule has 0 spiro atoms. The van der Waals surface area contributed by atoms with E-state index >= 15 is 0 Å². The van der Waals surface area contributed by atoms with Crippen molar-refractivity contribution in [3.63, 3.8) is 0 Å². The number of fused-ring (bicyclic) bond motifs is 1. The van der Waals surface area contributed by atoms with Crippen LogP contribution in [-0.4, -0.2) is 32.1 Å². The molecule has 0 saturated carbocycles. The maximum Gasteiger partial charge on any atom is 0.255 e. The van der Waals surface area contributed by atoms with Crippen molar-refractivity contribution in [1.82, 2.24) is 19.7 Å². The number of carbonyl (C=O) groups is 1. The summed E-state index contributed by atoms with van der Waals surface area (Å²) in [6, 6.07) is 8.18. The van der Waals surface area contributed by atoms with Crippen molar-refractivity contribution < 1.29 is 9.18 Å². The zero-order chi connectivity index (χ0) is 20.3. The lowest BCUT2D eigenvalue weighted by Gasteiger charge is -2.23. The summed E-state index contributed by atoms with van der Waals surface area (Å²) in [6.07, 6.45) is 3.07. The molecule has 0 unspecified atom stereocenters. The van der Waals surface area contributed by atoms with Gasteiger partial charge in [0.2, 0.25) is 0 Å². The summed E-state index contributed by atoms with van der Waals surface area (Å²) in [6.45, 7) is 7.04. The van der Waals surface area contributed by atoms with Gasteiger partial charge in [0.15, 0.2) is 5.65 Å². The van der Waals surface area contributed by atoms with Crippen LogP contribution in [0.3, 0.4) is 0 Å². The first-order chi connectivity index (χ1) is 13.4. The molecule has 0 atom stereocenters. The van der Waals surface area contributed by atoms with Crippen LogP contribution in [0.25, 0.3) is 11.0 Å². The summed E-state index contributed by atoms with van der Waals surface area (Å²) in [7, 11) is 1.84. The average molecular weight is 382 g/mol. The van der Waals surface area contributed by atoms with Gasteiger partial charge in [-0.25, -0.2) is 9.37 Å². The standard InChI is InChI=1S/C22H27FN4O/c1-5-6-7-12-27(14-17-8-10-18(23)11-9-17)22(28)19-13-15(2)24-21-20(19)16(3)25-26(21)4/h8-11,13H,5-7,12,14H2,1-4H3. The van der Waals surface area contributed by atoms with Crippen LogP contribution >= 0.6 is 0 Å². The normalized spacial score (nSPS) is 11.2. The van der Waals surface area contributed by atoms with Crippen molar-refractivity contribution >= 4 is 16.9 Å². The molecule has 0 fully saturated rings. The predicted molar refractivity (Wildman–Crippen MR) is 109 cm³/mol. The fourth-order valence-electron chi connectivity index (χ4n) is 3.52. The summed E-state index contributed by atoms with van der Waals surface area (Å²) in [5.41, 5.74) is 3.84. The number of hydrogen-bond donors (Lipinski definition) is 0. The minimum absolute atomic E-state index is 0.0352. The summed E-state index contributed by atoms with van der Waals surface area (Å²) < 4.78 is 15.0. The van der Waals surface area contributed by atoms with Gasteiger partial charge in [0.05, 0.1) is 16.6 Å². The van der Waals surface area contributed by atoms with E-state index < -0.39 is 0 Å². The molecule has 0 radical (unpaired) electrons. The molecule has 0 bridgehead atoms. The molecule has 28 heavy (non-hydrogen) atoms. The molecule has 3 aromatic rings. The van der Waals surface area contributed by atoms with Crippen LogP contribution in [0, 0.1) is 19.7 Å². The third-order valence-corrected chi connectivity index (χ3v) is 4.93. The third-order valence-electron chi connectivity index (χ3n) is 4.93. The smallest absolute Gasteiger partial charge is 0.255 e. The Kier molecular flexibility index (Phi) is 6.07. The van der Waals surface area contributed by atoms with E-state index in [1.54, 1.807) is 16.8 Å². The molecule has 0 aliphatic heterocycles. The van der Waals surface area contributed by atoms with E-state index in [0.29, 0.717) is 18.7 Å². The SMILES string of the molecule is CCCCCN(Cc1ccc(F)cc1)C(=O)c1cc(C)nc2c1c(C)nn2C. The van der Waals surface area contributed by atoms with Crippen molar-refractivity contribution in [2.24, 2.45) is 7.05 Å². The van der Waals surface area contributed by atoms with Crippen LogP contribution in [0.1, 0.15) is 53.5 Å². The van der Waals surface area contributed by atoms with Crippen LogP contribution in [0.2, 0.25) is 0 Å². The fourth-order valence-corrected chi connectivity index (χ4v) is 3.52. The molecular weight excluding hydrogens is 355 g/mol. The number of hydrogen-bond acceptors (Lipinski definition) is 3. The fraction of sp³-hybridized carbons (Fsp3) is 0.409. The Bertz CT molecular complexity index is 978. The molecule has 2 heterocycles. The highest BCUT2D eigenvalue weighted by Gasteiger charge is 2.22. The lowest BCUT2D eigenvalue weighted by atomic mass is 10.1. The van der Waals surface area contributed by atoms with Crippen LogP contribution in [0.15, 0.2) is 30.3 Å². The molecule has 1 amide bonds. The monoisotopic (exact) mass is 382 g/mol. The minimum Gasteiger partial charge on any atom is -0.334 e. The first-order valence-corrected chi connectivity index (χ1v) is 9.75. The van der Waals surface area contributed by atoms with E-state index in [0.717, 1.165) is 47.2 Å². The predicted octanol–water partition coefficient (Wildman–Crippen LogP) is 4.56. The Hall–Kier alpha value is -2.76. The number of pyridine rings is 1. The highest BCUT2D eigenvalue weighted by atomic mass is 19.1. The number of aryl methyl sites for hydroxylation is 3. The number of nitrogens with zero attached hydrogens (tertiary/aromatic N) is 4. The second-order valence-electron chi connectivity index (χ2n) is 7.28. The number of rotatable bonds is 7. The van der Waals surface area contributed by atoms with Gasteiger partial charge < -0.3 is 4.90 Å². The average Bonchev–Trinajstić information content (AvgIpc) is 2.95. The van der Waals surface area contributed by atoms with Crippen molar-refractivity contribution in [1.29, 1.82) is 0 Å². The molecule has 148 valence electrons. The van der Waals surface area contributed by atoms with Crippen LogP contribution in [0.5, 0.6) is 0 Å². The number of unbranched alkanes of at least 4 members (excludes halogenated alkanes) is 2. The Balaban J connectivity index is 1.98. The Morgan fingerprint density at radius 2 is 1.89 bits per heavy atom. The number of benzene rings is 1. The van der Waals surface area contributed by atoms with Crippen LogP contribution < -0.4 is 0 Å². The van der Waals surface area contributed by atoms with Crippen molar-refractivity contribution in [3.05, 3.63) is 58.7 Å². The molecule has 6 heteroatoms. The summed E-state index contributed by atoms with van der Waals surface area (Å²) >= 11 is 0. The Morgan fingerprint density at radius 3 is 2.57 bits per heavy atom. The van der Waals surface area contributed by atoms with E-state index in [2.05, 4.69) is 17.0 Å². The van der Waals surface area contributed by atoms with Gasteiger partial charge in [0, 0.05) is 25.8 Å². The zero-order valence-corrected chi connectivity index (χ0v) is 17.0. The molecule has 2 aromatic heterocycles. The van der Waals surface area contributed by atoms with E-state index in [1.807, 2.05) is 31.9 Å². The van der Waals surface area contributed by atoms with Gasteiger partial charge in [0.1, 0.15) is 5.82 Å². The maximum atomic E-state index is 13.5. The first kappa shape index (κ1) is 20.0. The highest BCUT2D eigenvalue weighted by molar-refractivity contribution is 6.06. The minimum atomic E-state index is -0.273. The van der Waals surface area contributed by atoms with Crippen molar-refractivity contribution in [3.8, 4) is 0 Å². The molecule has 3 rings (SSSR count). The van der Waals surface area contributed by atoms with E-state index in [1.165, 1.54) is 12.1 Å². The van der Waals surface area contributed by atoms with Gasteiger partial charge in [-0.15, -0.1) is 0 Å². The summed E-state index contributed by atoms with van der Waals surface area (Å²) in [5.74, 6) is -0.308. The molecular formula is C22H27FN4O. The van der Waals surface area contributed by atoms with E-state index in [9.17, 15) is 9.18 Å². The summed E-state index contributed by atoms with van der Waals surface area (Å²) in [4.78, 5) is 19.9. The second-order valence-corrected chi connectivity index (χ2v) is 7.28. The van der Waals surface area contributed by atoms with Crippen molar-refractivity contribution in [2.75, 3.05) is 6.54 Å². The largest absolute Gasteiger partial charge is 0.334 e. The number of aromatic nitrogens is 3. The molecule has 1 aromatic carbocycles. The Morgan fingerprint density at radius 1 is 1.18 bits per heavy atom. The zero-order valence-electron chi connectivity index (χ0n) is 17.0. The molecule has 5 nitrogen and oxygen atoms in total. The number of carbonyl (C=O) groups excluding carboxylic acids is 1. The molecule has 0 N–H and O–H groups in total. The maximum absolute atomic E-state index is 13.5. The lowest BCUT2D eigenvalue weighted by Crippen LogP contribution is -2.32. The van der Waals surface area contributed by atoms with Crippen molar-refractivity contribution in [2.45, 2.75) is 46.6 Å². The molecule has 0 aliphatic carbocycles. The van der Waals surface area contributed by atoms with Crippen LogP contribution in [0.4, 0.5) is 4.39 Å².